The van der Waals surface area contributed by atoms with E-state index < -0.39 is 18.1 Å². The van der Waals surface area contributed by atoms with Crippen LogP contribution in [0.3, 0.4) is 0 Å². The first-order chi connectivity index (χ1) is 6.48. The molecular formula is C7H8F3N3O. The van der Waals surface area contributed by atoms with Gasteiger partial charge in [-0.25, -0.2) is 0 Å². The van der Waals surface area contributed by atoms with Gasteiger partial charge in [0.25, 0.3) is 0 Å². The molecule has 0 radical (unpaired) electrons. The fraction of sp³-hybridized carbons (Fsp3) is 0.714. The summed E-state index contributed by atoms with van der Waals surface area (Å²) in [5, 5.41) is 3.21. The van der Waals surface area contributed by atoms with Gasteiger partial charge in [-0.05, 0) is 18.8 Å². The number of alkyl halides is 3. The summed E-state index contributed by atoms with van der Waals surface area (Å²) < 4.78 is 40.2. The van der Waals surface area contributed by atoms with Gasteiger partial charge < -0.3 is 10.3 Å². The van der Waals surface area contributed by atoms with Crippen LogP contribution in [0.1, 0.15) is 30.6 Å². The van der Waals surface area contributed by atoms with Gasteiger partial charge in [-0.1, -0.05) is 5.16 Å². The van der Waals surface area contributed by atoms with Gasteiger partial charge in [0.05, 0.1) is 6.04 Å². The topological polar surface area (TPSA) is 64.9 Å². The van der Waals surface area contributed by atoms with Crippen LogP contribution in [0.2, 0.25) is 0 Å². The highest BCUT2D eigenvalue weighted by Gasteiger charge is 2.40. The molecule has 1 heterocycles. The van der Waals surface area contributed by atoms with Crippen LogP contribution >= 0.6 is 0 Å². The van der Waals surface area contributed by atoms with Crippen LogP contribution < -0.4 is 5.73 Å². The van der Waals surface area contributed by atoms with Crippen molar-refractivity contribution in [3.8, 4) is 0 Å². The molecule has 1 atom stereocenters. The van der Waals surface area contributed by atoms with Gasteiger partial charge in [0.1, 0.15) is 0 Å². The Bertz CT molecular complexity index is 331. The first kappa shape index (κ1) is 9.45. The smallest absolute Gasteiger partial charge is 0.329 e. The van der Waals surface area contributed by atoms with Crippen molar-refractivity contribution in [3.63, 3.8) is 0 Å². The minimum atomic E-state index is -4.59. The van der Waals surface area contributed by atoms with E-state index >= 15 is 0 Å². The number of rotatable bonds is 2. The SMILES string of the molecule is NC(c1noc(C(F)(F)F)n1)C1CC1. The van der Waals surface area contributed by atoms with Crippen molar-refractivity contribution >= 4 is 0 Å². The van der Waals surface area contributed by atoms with Crippen molar-refractivity contribution in [2.45, 2.75) is 25.1 Å². The molecule has 1 saturated carbocycles. The first-order valence-electron chi connectivity index (χ1n) is 4.15. The van der Waals surface area contributed by atoms with E-state index in [9.17, 15) is 13.2 Å². The van der Waals surface area contributed by atoms with Crippen LogP contribution in [0.25, 0.3) is 0 Å². The third-order valence-corrected chi connectivity index (χ3v) is 2.11. The van der Waals surface area contributed by atoms with Crippen molar-refractivity contribution in [3.05, 3.63) is 11.7 Å². The van der Waals surface area contributed by atoms with Crippen molar-refractivity contribution in [2.75, 3.05) is 0 Å². The quantitative estimate of drug-likeness (QED) is 0.798. The third-order valence-electron chi connectivity index (χ3n) is 2.11. The molecule has 4 nitrogen and oxygen atoms in total. The van der Waals surface area contributed by atoms with Crippen LogP contribution in [-0.4, -0.2) is 10.1 Å². The van der Waals surface area contributed by atoms with Crippen molar-refractivity contribution in [1.82, 2.24) is 10.1 Å². The zero-order chi connectivity index (χ0) is 10.3. The Morgan fingerprint density at radius 1 is 1.43 bits per heavy atom. The lowest BCUT2D eigenvalue weighted by molar-refractivity contribution is -0.159. The molecule has 2 rings (SSSR count). The second-order valence-corrected chi connectivity index (χ2v) is 3.32. The van der Waals surface area contributed by atoms with Crippen LogP contribution in [0.15, 0.2) is 4.52 Å². The molecule has 0 spiro atoms. The van der Waals surface area contributed by atoms with E-state index in [0.717, 1.165) is 12.8 Å². The van der Waals surface area contributed by atoms with Crippen LogP contribution in [-0.2, 0) is 6.18 Å². The van der Waals surface area contributed by atoms with Gasteiger partial charge in [-0.3, -0.25) is 0 Å². The first-order valence-corrected chi connectivity index (χ1v) is 4.15. The van der Waals surface area contributed by atoms with Crippen molar-refractivity contribution < 1.29 is 17.7 Å². The van der Waals surface area contributed by atoms with E-state index in [2.05, 4.69) is 14.7 Å². The normalized spacial score (nSPS) is 19.7. The molecule has 1 aliphatic rings. The molecule has 78 valence electrons. The number of hydrogen-bond donors (Lipinski definition) is 1. The Morgan fingerprint density at radius 3 is 2.50 bits per heavy atom. The lowest BCUT2D eigenvalue weighted by Crippen LogP contribution is -2.14. The molecule has 1 aromatic rings. The molecule has 1 fully saturated rings. The lowest BCUT2D eigenvalue weighted by Gasteiger charge is -2.02. The van der Waals surface area contributed by atoms with Crippen LogP contribution in [0, 0.1) is 5.92 Å². The third kappa shape index (κ3) is 1.72. The average Bonchev–Trinajstić information content (AvgIpc) is 2.79. The molecule has 1 unspecified atom stereocenters. The molecule has 7 heteroatoms. The second kappa shape index (κ2) is 2.94. The summed E-state index contributed by atoms with van der Waals surface area (Å²) in [5.41, 5.74) is 5.60. The number of hydrogen-bond acceptors (Lipinski definition) is 4. The van der Waals surface area contributed by atoms with Gasteiger partial charge >= 0.3 is 12.1 Å². The van der Waals surface area contributed by atoms with Crippen molar-refractivity contribution in [1.29, 1.82) is 0 Å². The molecule has 0 amide bonds. The predicted molar refractivity (Wildman–Crippen MR) is 39.0 cm³/mol. The van der Waals surface area contributed by atoms with Gasteiger partial charge in [-0.15, -0.1) is 0 Å². The molecule has 1 aliphatic carbocycles. The zero-order valence-electron chi connectivity index (χ0n) is 7.08. The summed E-state index contributed by atoms with van der Waals surface area (Å²) in [7, 11) is 0. The van der Waals surface area contributed by atoms with Gasteiger partial charge in [0.15, 0.2) is 5.82 Å². The summed E-state index contributed by atoms with van der Waals surface area (Å²) in [5.74, 6) is -1.18. The summed E-state index contributed by atoms with van der Waals surface area (Å²) in [6, 6.07) is -0.533. The number of nitrogens with two attached hydrogens (primary N) is 1. The standard InChI is InChI=1S/C7H8F3N3O/c8-7(9,10)6-12-5(13-14-6)4(11)3-1-2-3/h3-4H,1-2,11H2. The van der Waals surface area contributed by atoms with E-state index in [1.54, 1.807) is 0 Å². The maximum Gasteiger partial charge on any atom is 0.471 e. The van der Waals surface area contributed by atoms with E-state index in [4.69, 9.17) is 5.73 Å². The molecular weight excluding hydrogens is 199 g/mol. The van der Waals surface area contributed by atoms with Gasteiger partial charge in [0.2, 0.25) is 0 Å². The summed E-state index contributed by atoms with van der Waals surface area (Å²) >= 11 is 0. The minimum Gasteiger partial charge on any atom is -0.329 e. The molecule has 0 aromatic carbocycles. The maximum atomic E-state index is 12.0. The Balaban J connectivity index is 2.16. The summed E-state index contributed by atoms with van der Waals surface area (Å²) in [6.07, 6.45) is -2.76. The largest absolute Gasteiger partial charge is 0.471 e. The van der Waals surface area contributed by atoms with Crippen molar-refractivity contribution in [2.24, 2.45) is 11.7 Å². The zero-order valence-corrected chi connectivity index (χ0v) is 7.08. The maximum absolute atomic E-state index is 12.0. The highest BCUT2D eigenvalue weighted by atomic mass is 19.4. The van der Waals surface area contributed by atoms with E-state index in [-0.39, 0.29) is 11.7 Å². The average molecular weight is 207 g/mol. The molecule has 0 saturated heterocycles. The fourth-order valence-corrected chi connectivity index (χ4v) is 1.15. The Kier molecular flexibility index (Phi) is 1.99. The minimum absolute atomic E-state index is 0.0557. The van der Waals surface area contributed by atoms with Crippen LogP contribution in [0.5, 0.6) is 0 Å². The Morgan fingerprint density at radius 2 is 2.07 bits per heavy atom. The summed E-state index contributed by atoms with van der Waals surface area (Å²) in [4.78, 5) is 3.21. The number of halogens is 3. The number of nitrogens with zero attached hydrogens (tertiary/aromatic N) is 2. The predicted octanol–water partition coefficient (Wildman–Crippen LogP) is 1.50. The Hall–Kier alpha value is -1.11. The number of aromatic nitrogens is 2. The highest BCUT2D eigenvalue weighted by Crippen LogP contribution is 2.39. The monoisotopic (exact) mass is 207 g/mol. The fourth-order valence-electron chi connectivity index (χ4n) is 1.15. The van der Waals surface area contributed by atoms with Crippen LogP contribution in [0.4, 0.5) is 13.2 Å². The highest BCUT2D eigenvalue weighted by molar-refractivity contribution is 5.00. The Labute approximate surface area is 77.3 Å². The van der Waals surface area contributed by atoms with Gasteiger partial charge in [0, 0.05) is 0 Å². The molecule has 2 N–H and O–H groups in total. The second-order valence-electron chi connectivity index (χ2n) is 3.32. The molecule has 1 aromatic heterocycles. The molecule has 0 aliphatic heterocycles. The lowest BCUT2D eigenvalue weighted by atomic mass is 10.2. The van der Waals surface area contributed by atoms with E-state index in [1.165, 1.54) is 0 Å². The molecule has 14 heavy (non-hydrogen) atoms. The van der Waals surface area contributed by atoms with Gasteiger partial charge in [-0.2, -0.15) is 18.2 Å². The molecule has 0 bridgehead atoms. The van der Waals surface area contributed by atoms with E-state index in [1.807, 2.05) is 0 Å². The summed E-state index contributed by atoms with van der Waals surface area (Å²) in [6.45, 7) is 0. The van der Waals surface area contributed by atoms with E-state index in [0.29, 0.717) is 0 Å².